The van der Waals surface area contributed by atoms with Gasteiger partial charge in [-0.25, -0.2) is 4.98 Å². The summed E-state index contributed by atoms with van der Waals surface area (Å²) in [6.45, 7) is 6.21. The van der Waals surface area contributed by atoms with Crippen molar-refractivity contribution in [3.8, 4) is 0 Å². The second-order valence-electron chi connectivity index (χ2n) is 8.22. The molecule has 1 amide bonds. The molecule has 2 fully saturated rings. The Bertz CT molecular complexity index is 829. The van der Waals surface area contributed by atoms with E-state index in [-0.39, 0.29) is 11.3 Å². The van der Waals surface area contributed by atoms with Crippen LogP contribution in [0.2, 0.25) is 0 Å². The third kappa shape index (κ3) is 4.14. The first kappa shape index (κ1) is 18.8. The maximum absolute atomic E-state index is 12.5. The molecular formula is C21H28N6O. The molecule has 7 heteroatoms. The number of pyridine rings is 1. The highest BCUT2D eigenvalue weighted by Crippen LogP contribution is 2.40. The number of hydrogen-bond acceptors (Lipinski definition) is 6. The number of carbonyl (C=O) groups is 1. The fourth-order valence-electron chi connectivity index (χ4n) is 4.36. The van der Waals surface area contributed by atoms with Gasteiger partial charge in [0.15, 0.2) is 0 Å². The molecule has 0 aromatic carbocycles. The first-order valence-electron chi connectivity index (χ1n) is 10.0. The van der Waals surface area contributed by atoms with Crippen LogP contribution in [0, 0.1) is 12.3 Å². The summed E-state index contributed by atoms with van der Waals surface area (Å²) in [5, 5.41) is 0. The van der Waals surface area contributed by atoms with Crippen LogP contribution in [0.4, 0.5) is 5.82 Å². The van der Waals surface area contributed by atoms with Gasteiger partial charge in [-0.15, -0.1) is 0 Å². The number of carbonyl (C=O) groups excluding carboxylic acids is 1. The van der Waals surface area contributed by atoms with E-state index < -0.39 is 0 Å². The van der Waals surface area contributed by atoms with E-state index in [0.717, 1.165) is 62.4 Å². The average Bonchev–Trinajstić information content (AvgIpc) is 2.70. The molecule has 0 aliphatic carbocycles. The first-order chi connectivity index (χ1) is 13.5. The van der Waals surface area contributed by atoms with Crippen molar-refractivity contribution in [1.29, 1.82) is 0 Å². The predicted molar refractivity (Wildman–Crippen MR) is 107 cm³/mol. The van der Waals surface area contributed by atoms with Crippen molar-refractivity contribution in [3.05, 3.63) is 47.7 Å². The molecule has 0 saturated carbocycles. The number of aromatic nitrogens is 3. The largest absolute Gasteiger partial charge is 0.383 e. The minimum atomic E-state index is 0.225. The van der Waals surface area contributed by atoms with E-state index in [1.165, 1.54) is 0 Å². The van der Waals surface area contributed by atoms with Crippen LogP contribution in [0.3, 0.4) is 0 Å². The van der Waals surface area contributed by atoms with Crippen LogP contribution in [0.25, 0.3) is 0 Å². The molecule has 2 saturated heterocycles. The second-order valence-corrected chi connectivity index (χ2v) is 8.22. The predicted octanol–water partition coefficient (Wildman–Crippen LogP) is 2.17. The smallest absolute Gasteiger partial charge is 0.222 e. The summed E-state index contributed by atoms with van der Waals surface area (Å²) in [7, 11) is 0. The monoisotopic (exact) mass is 380 g/mol. The minimum Gasteiger partial charge on any atom is -0.383 e. The lowest BCUT2D eigenvalue weighted by atomic mass is 9.72. The maximum Gasteiger partial charge on any atom is 0.222 e. The van der Waals surface area contributed by atoms with Gasteiger partial charge in [-0.2, -0.15) is 0 Å². The van der Waals surface area contributed by atoms with Crippen LogP contribution in [-0.2, 0) is 17.9 Å². The van der Waals surface area contributed by atoms with E-state index in [0.29, 0.717) is 18.8 Å². The summed E-state index contributed by atoms with van der Waals surface area (Å²) < 4.78 is 0. The van der Waals surface area contributed by atoms with Crippen LogP contribution < -0.4 is 5.73 Å². The Morgan fingerprint density at radius 3 is 2.64 bits per heavy atom. The van der Waals surface area contributed by atoms with Gasteiger partial charge in [0.1, 0.15) is 5.82 Å². The van der Waals surface area contributed by atoms with Crippen molar-refractivity contribution in [2.75, 3.05) is 25.4 Å². The zero-order valence-electron chi connectivity index (χ0n) is 16.5. The number of aryl methyl sites for hydroxylation is 1. The van der Waals surface area contributed by atoms with Crippen molar-refractivity contribution < 1.29 is 4.79 Å². The van der Waals surface area contributed by atoms with E-state index in [1.807, 2.05) is 17.9 Å². The number of likely N-dealkylation sites (tertiary alicyclic amines) is 2. The van der Waals surface area contributed by atoms with Crippen LogP contribution in [0.5, 0.6) is 0 Å². The molecule has 0 unspecified atom stereocenters. The second kappa shape index (κ2) is 7.83. The van der Waals surface area contributed by atoms with Crippen molar-refractivity contribution in [2.24, 2.45) is 5.41 Å². The van der Waals surface area contributed by atoms with Gasteiger partial charge in [0, 0.05) is 37.5 Å². The summed E-state index contributed by atoms with van der Waals surface area (Å²) in [6.07, 6.45) is 9.12. The fraction of sp³-hybridized carbons (Fsp3) is 0.524. The number of amides is 1. The quantitative estimate of drug-likeness (QED) is 0.874. The summed E-state index contributed by atoms with van der Waals surface area (Å²) in [4.78, 5) is 29.8. The van der Waals surface area contributed by atoms with E-state index >= 15 is 0 Å². The molecular weight excluding hydrogens is 352 g/mol. The van der Waals surface area contributed by atoms with E-state index in [4.69, 9.17) is 5.73 Å². The molecule has 0 bridgehead atoms. The SMILES string of the molecule is Cc1cnc(CN2CC3(CCC2=O)CCN(Cc2cccnc2N)CC3)cn1. The van der Waals surface area contributed by atoms with Gasteiger partial charge >= 0.3 is 0 Å². The molecule has 0 radical (unpaired) electrons. The minimum absolute atomic E-state index is 0.225. The van der Waals surface area contributed by atoms with Crippen LogP contribution in [0.1, 0.15) is 42.6 Å². The molecule has 0 atom stereocenters. The van der Waals surface area contributed by atoms with E-state index in [1.54, 1.807) is 18.6 Å². The number of rotatable bonds is 4. The molecule has 7 nitrogen and oxygen atoms in total. The Labute approximate surface area is 166 Å². The Hall–Kier alpha value is -2.54. The highest BCUT2D eigenvalue weighted by molar-refractivity contribution is 5.77. The van der Waals surface area contributed by atoms with Gasteiger partial charge in [0.2, 0.25) is 5.91 Å². The zero-order valence-corrected chi connectivity index (χ0v) is 16.5. The molecule has 4 rings (SSSR count). The van der Waals surface area contributed by atoms with Gasteiger partial charge in [-0.05, 0) is 50.8 Å². The zero-order chi connectivity index (χ0) is 19.6. The molecule has 28 heavy (non-hydrogen) atoms. The lowest BCUT2D eigenvalue weighted by Gasteiger charge is -2.47. The van der Waals surface area contributed by atoms with Gasteiger partial charge in [0.25, 0.3) is 0 Å². The van der Waals surface area contributed by atoms with Gasteiger partial charge < -0.3 is 10.6 Å². The van der Waals surface area contributed by atoms with Crippen LogP contribution >= 0.6 is 0 Å². The number of hydrogen-bond donors (Lipinski definition) is 1. The third-order valence-corrected chi connectivity index (χ3v) is 6.17. The fourth-order valence-corrected chi connectivity index (χ4v) is 4.36. The number of anilines is 1. The van der Waals surface area contributed by atoms with Crippen molar-refractivity contribution >= 4 is 11.7 Å². The van der Waals surface area contributed by atoms with Crippen LogP contribution in [-0.4, -0.2) is 50.3 Å². The Balaban J connectivity index is 1.37. The summed E-state index contributed by atoms with van der Waals surface area (Å²) in [6, 6.07) is 3.99. The summed E-state index contributed by atoms with van der Waals surface area (Å²) in [5.41, 5.74) is 9.07. The van der Waals surface area contributed by atoms with Gasteiger partial charge in [-0.1, -0.05) is 6.07 Å². The van der Waals surface area contributed by atoms with Crippen molar-refractivity contribution in [3.63, 3.8) is 0 Å². The average molecular weight is 380 g/mol. The third-order valence-electron chi connectivity index (χ3n) is 6.17. The molecule has 2 aliphatic heterocycles. The van der Waals surface area contributed by atoms with Crippen LogP contribution in [0.15, 0.2) is 30.7 Å². The normalized spacial score (nSPS) is 19.9. The molecule has 4 heterocycles. The van der Waals surface area contributed by atoms with Gasteiger partial charge in [0.05, 0.1) is 24.1 Å². The first-order valence-corrected chi connectivity index (χ1v) is 10.0. The van der Waals surface area contributed by atoms with Crippen molar-refractivity contribution in [1.82, 2.24) is 24.8 Å². The summed E-state index contributed by atoms with van der Waals surface area (Å²) >= 11 is 0. The molecule has 1 spiro atoms. The molecule has 2 aromatic heterocycles. The number of nitrogens with two attached hydrogens (primary N) is 1. The Morgan fingerprint density at radius 1 is 1.11 bits per heavy atom. The Kier molecular flexibility index (Phi) is 5.26. The standard InChI is InChI=1S/C21H28N6O/c1-16-11-25-18(12-24-16)14-27-15-21(5-4-19(27)28)6-9-26(10-7-21)13-17-3-2-8-23-20(17)22/h2-3,8,11-12H,4-7,9-10,13-15H2,1H3,(H2,22,23). The molecule has 148 valence electrons. The molecule has 2 N–H and O–H groups in total. The number of nitrogen functional groups attached to an aromatic ring is 1. The maximum atomic E-state index is 12.5. The van der Waals surface area contributed by atoms with Crippen molar-refractivity contribution in [2.45, 2.75) is 45.7 Å². The topological polar surface area (TPSA) is 88.2 Å². The molecule has 2 aromatic rings. The lowest BCUT2D eigenvalue weighted by Crippen LogP contribution is -2.51. The lowest BCUT2D eigenvalue weighted by molar-refractivity contribution is -0.140. The van der Waals surface area contributed by atoms with E-state index in [2.05, 4.69) is 25.9 Å². The van der Waals surface area contributed by atoms with Gasteiger partial charge in [-0.3, -0.25) is 19.7 Å². The Morgan fingerprint density at radius 2 is 1.93 bits per heavy atom. The van der Waals surface area contributed by atoms with E-state index in [9.17, 15) is 4.79 Å². The highest BCUT2D eigenvalue weighted by Gasteiger charge is 2.41. The number of piperidine rings is 2. The highest BCUT2D eigenvalue weighted by atomic mass is 16.2. The molecule has 2 aliphatic rings. The number of nitrogens with zero attached hydrogens (tertiary/aromatic N) is 5. The summed E-state index contributed by atoms with van der Waals surface area (Å²) in [5.74, 6) is 0.856.